The van der Waals surface area contributed by atoms with Crippen molar-refractivity contribution in [2.75, 3.05) is 0 Å². The van der Waals surface area contributed by atoms with Gasteiger partial charge in [-0.1, -0.05) is 122 Å². The lowest BCUT2D eigenvalue weighted by molar-refractivity contribution is -0.150. The summed E-state index contributed by atoms with van der Waals surface area (Å²) in [5.41, 5.74) is 0. The van der Waals surface area contributed by atoms with E-state index in [0.717, 1.165) is 64.2 Å². The van der Waals surface area contributed by atoms with E-state index in [-0.39, 0.29) is 18.5 Å². The molecule has 1 N–H and O–H groups in total. The van der Waals surface area contributed by atoms with Gasteiger partial charge in [0, 0.05) is 12.8 Å². The number of ether oxygens (including phenoxy) is 1. The molecule has 38 heavy (non-hydrogen) atoms. The van der Waals surface area contributed by atoms with Crippen LogP contribution in [-0.4, -0.2) is 23.1 Å². The van der Waals surface area contributed by atoms with Crippen LogP contribution < -0.4 is 0 Å². The molecule has 4 heteroatoms. The number of unbranched alkanes of at least 4 members (excludes halogenated alkanes) is 19. The number of carbonyl (C=O) groups excluding carboxylic acids is 1. The first-order valence-corrected chi connectivity index (χ1v) is 16.7. The van der Waals surface area contributed by atoms with Crippen LogP contribution >= 0.6 is 0 Å². The summed E-state index contributed by atoms with van der Waals surface area (Å²) in [6.45, 7) is 4.51. The van der Waals surface area contributed by atoms with Crippen LogP contribution in [0.25, 0.3) is 0 Å². The molecular weight excluding hydrogens is 472 g/mol. The molecule has 0 aromatic carbocycles. The van der Waals surface area contributed by atoms with Crippen molar-refractivity contribution in [1.82, 2.24) is 0 Å². The fraction of sp³-hybridized carbons (Fsp3) is 0.882. The summed E-state index contributed by atoms with van der Waals surface area (Å²) in [6, 6.07) is 0. The number of aliphatic carboxylic acids is 1. The molecule has 0 saturated carbocycles. The Hall–Kier alpha value is -1.32. The Morgan fingerprint density at radius 1 is 0.553 bits per heavy atom. The van der Waals surface area contributed by atoms with Crippen LogP contribution in [0.5, 0.6) is 0 Å². The van der Waals surface area contributed by atoms with E-state index in [9.17, 15) is 9.59 Å². The highest BCUT2D eigenvalue weighted by atomic mass is 16.5. The van der Waals surface area contributed by atoms with Gasteiger partial charge >= 0.3 is 11.9 Å². The number of carboxylic acids is 1. The normalized spacial score (nSPS) is 12.3. The number of allylic oxidation sites excluding steroid dienone is 2. The quantitative estimate of drug-likeness (QED) is 0.0563. The lowest BCUT2D eigenvalue weighted by Gasteiger charge is -2.18. The van der Waals surface area contributed by atoms with Crippen molar-refractivity contribution in [2.24, 2.45) is 0 Å². The average molecular weight is 537 g/mol. The zero-order valence-electron chi connectivity index (χ0n) is 25.5. The van der Waals surface area contributed by atoms with E-state index in [4.69, 9.17) is 9.84 Å². The number of hydrogen-bond acceptors (Lipinski definition) is 3. The van der Waals surface area contributed by atoms with E-state index in [1.54, 1.807) is 0 Å². The van der Waals surface area contributed by atoms with Gasteiger partial charge in [-0.25, -0.2) is 0 Å². The summed E-state index contributed by atoms with van der Waals surface area (Å²) < 4.78 is 5.94. The third-order valence-electron chi connectivity index (χ3n) is 7.49. The number of carboxylic acid groups (broad SMARTS) is 1. The SMILES string of the molecule is CCCCCC/C=C\CCCCCCCC(=O)O[C@H](CCCCCCCCC)CCCCCCCC(=O)O. The highest BCUT2D eigenvalue weighted by Crippen LogP contribution is 2.18. The van der Waals surface area contributed by atoms with Gasteiger partial charge in [0.25, 0.3) is 0 Å². The zero-order chi connectivity index (χ0) is 27.9. The van der Waals surface area contributed by atoms with Gasteiger partial charge in [0.1, 0.15) is 6.10 Å². The first kappa shape index (κ1) is 36.7. The van der Waals surface area contributed by atoms with Crippen LogP contribution in [0.3, 0.4) is 0 Å². The van der Waals surface area contributed by atoms with E-state index in [0.29, 0.717) is 6.42 Å². The Balaban J connectivity index is 3.99. The van der Waals surface area contributed by atoms with Gasteiger partial charge in [0.2, 0.25) is 0 Å². The molecule has 0 radical (unpaired) electrons. The van der Waals surface area contributed by atoms with E-state index in [1.807, 2.05) is 0 Å². The Morgan fingerprint density at radius 3 is 1.45 bits per heavy atom. The number of esters is 1. The predicted molar refractivity (Wildman–Crippen MR) is 163 cm³/mol. The minimum atomic E-state index is -0.702. The molecule has 0 saturated heterocycles. The first-order valence-electron chi connectivity index (χ1n) is 16.7. The maximum Gasteiger partial charge on any atom is 0.306 e. The second kappa shape index (κ2) is 30.2. The third-order valence-corrected chi connectivity index (χ3v) is 7.49. The fourth-order valence-corrected chi connectivity index (χ4v) is 5.00. The second-order valence-electron chi connectivity index (χ2n) is 11.3. The highest BCUT2D eigenvalue weighted by Gasteiger charge is 2.14. The van der Waals surface area contributed by atoms with E-state index >= 15 is 0 Å². The molecule has 0 aromatic rings. The van der Waals surface area contributed by atoms with Gasteiger partial charge in [-0.15, -0.1) is 0 Å². The molecule has 0 aromatic heterocycles. The summed E-state index contributed by atoms with van der Waals surface area (Å²) >= 11 is 0. The van der Waals surface area contributed by atoms with Crippen molar-refractivity contribution in [1.29, 1.82) is 0 Å². The molecule has 0 spiro atoms. The molecule has 0 aliphatic rings. The third kappa shape index (κ3) is 29.2. The van der Waals surface area contributed by atoms with Crippen LogP contribution in [0.2, 0.25) is 0 Å². The standard InChI is InChI=1S/C34H64O4/c1-3-5-7-9-11-12-13-14-15-16-18-23-27-31-34(37)38-32(28-24-20-17-10-8-6-4-2)29-25-21-19-22-26-30-33(35)36/h12-13,32H,3-11,14-31H2,1-2H3,(H,35,36)/b13-12-/t32-/m1/s1. The summed E-state index contributed by atoms with van der Waals surface area (Å²) in [5.74, 6) is -0.710. The van der Waals surface area contributed by atoms with Crippen LogP contribution in [0.15, 0.2) is 12.2 Å². The lowest BCUT2D eigenvalue weighted by atomic mass is 10.0. The van der Waals surface area contributed by atoms with Crippen molar-refractivity contribution in [3.05, 3.63) is 12.2 Å². The van der Waals surface area contributed by atoms with Crippen LogP contribution in [-0.2, 0) is 14.3 Å². The largest absolute Gasteiger partial charge is 0.481 e. The Bertz CT molecular complexity index is 543. The second-order valence-corrected chi connectivity index (χ2v) is 11.3. The maximum atomic E-state index is 12.5. The van der Waals surface area contributed by atoms with Gasteiger partial charge in [-0.3, -0.25) is 9.59 Å². The van der Waals surface area contributed by atoms with Crippen molar-refractivity contribution in [3.63, 3.8) is 0 Å². The minimum absolute atomic E-state index is 0.00888. The van der Waals surface area contributed by atoms with Gasteiger partial charge in [0.15, 0.2) is 0 Å². The molecule has 4 nitrogen and oxygen atoms in total. The topological polar surface area (TPSA) is 63.6 Å². The Labute approximate surface area is 236 Å². The van der Waals surface area contributed by atoms with Crippen LogP contribution in [0.1, 0.15) is 187 Å². The monoisotopic (exact) mass is 536 g/mol. The average Bonchev–Trinajstić information content (AvgIpc) is 2.89. The number of carbonyl (C=O) groups is 2. The molecule has 224 valence electrons. The van der Waals surface area contributed by atoms with Crippen molar-refractivity contribution >= 4 is 11.9 Å². The van der Waals surface area contributed by atoms with E-state index in [2.05, 4.69) is 26.0 Å². The van der Waals surface area contributed by atoms with Crippen molar-refractivity contribution in [2.45, 2.75) is 193 Å². The molecule has 0 heterocycles. The van der Waals surface area contributed by atoms with Crippen LogP contribution in [0.4, 0.5) is 0 Å². The smallest absolute Gasteiger partial charge is 0.306 e. The summed E-state index contributed by atoms with van der Waals surface area (Å²) in [4.78, 5) is 23.2. The molecule has 0 bridgehead atoms. The maximum absolute atomic E-state index is 12.5. The highest BCUT2D eigenvalue weighted by molar-refractivity contribution is 5.69. The molecule has 0 aliphatic carbocycles. The molecule has 0 unspecified atom stereocenters. The predicted octanol–water partition coefficient (Wildman–Crippen LogP) is 11.1. The van der Waals surface area contributed by atoms with Crippen molar-refractivity contribution < 1.29 is 19.4 Å². The van der Waals surface area contributed by atoms with E-state index < -0.39 is 5.97 Å². The number of rotatable bonds is 30. The summed E-state index contributed by atoms with van der Waals surface area (Å²) in [7, 11) is 0. The van der Waals surface area contributed by atoms with E-state index in [1.165, 1.54) is 96.3 Å². The molecule has 1 atom stereocenters. The van der Waals surface area contributed by atoms with Gasteiger partial charge in [-0.2, -0.15) is 0 Å². The van der Waals surface area contributed by atoms with Gasteiger partial charge in [0.05, 0.1) is 0 Å². The fourth-order valence-electron chi connectivity index (χ4n) is 5.00. The number of hydrogen-bond donors (Lipinski definition) is 1. The van der Waals surface area contributed by atoms with Gasteiger partial charge < -0.3 is 9.84 Å². The van der Waals surface area contributed by atoms with Crippen molar-refractivity contribution in [3.8, 4) is 0 Å². The molecule has 0 rings (SSSR count). The minimum Gasteiger partial charge on any atom is -0.481 e. The van der Waals surface area contributed by atoms with Crippen LogP contribution in [0, 0.1) is 0 Å². The molecule has 0 amide bonds. The summed E-state index contributed by atoms with van der Waals surface area (Å²) in [6.07, 6.45) is 35.0. The summed E-state index contributed by atoms with van der Waals surface area (Å²) in [5, 5.41) is 8.76. The Kier molecular flexibility index (Phi) is 29.2. The first-order chi connectivity index (χ1) is 18.6. The molecule has 0 fully saturated rings. The molecular formula is C34H64O4. The lowest BCUT2D eigenvalue weighted by Crippen LogP contribution is -2.18. The Morgan fingerprint density at radius 2 is 0.947 bits per heavy atom. The molecule has 0 aliphatic heterocycles. The zero-order valence-corrected chi connectivity index (χ0v) is 25.5. The van der Waals surface area contributed by atoms with Gasteiger partial charge in [-0.05, 0) is 64.2 Å².